The van der Waals surface area contributed by atoms with Crippen LogP contribution in [0.5, 0.6) is 0 Å². The predicted octanol–water partition coefficient (Wildman–Crippen LogP) is 2.27. The Morgan fingerprint density at radius 1 is 0.882 bits per heavy atom. The maximum atomic E-state index is 12.1. The fourth-order valence-corrected chi connectivity index (χ4v) is 4.93. The van der Waals surface area contributed by atoms with E-state index in [4.69, 9.17) is 9.47 Å². The highest BCUT2D eigenvalue weighted by molar-refractivity contribution is 6.23. The zero-order valence-electron chi connectivity index (χ0n) is 18.0. The molecule has 4 aromatic carbocycles. The van der Waals surface area contributed by atoms with E-state index in [2.05, 4.69) is 53.5 Å². The molecule has 3 N–H and O–H groups in total. The number of hydrogen-bond donors (Lipinski definition) is 3. The Hall–Kier alpha value is -3.56. The van der Waals surface area contributed by atoms with Gasteiger partial charge in [-0.05, 0) is 37.9 Å². The highest BCUT2D eigenvalue weighted by atomic mass is 16.6. The Morgan fingerprint density at radius 3 is 2.35 bits per heavy atom. The number of ether oxygens (including phenoxy) is 2. The summed E-state index contributed by atoms with van der Waals surface area (Å²) in [7, 11) is 0. The van der Waals surface area contributed by atoms with Gasteiger partial charge in [0.05, 0.1) is 13.2 Å². The van der Waals surface area contributed by atoms with E-state index in [0.717, 1.165) is 27.0 Å². The summed E-state index contributed by atoms with van der Waals surface area (Å²) in [6, 6.07) is 20.0. The summed E-state index contributed by atoms with van der Waals surface area (Å²) in [6.45, 7) is 0.314. The number of aliphatic hydroxyl groups excluding tert-OH is 2. The predicted molar refractivity (Wildman–Crippen MR) is 127 cm³/mol. The van der Waals surface area contributed by atoms with Crippen LogP contribution < -0.4 is 11.2 Å². The van der Waals surface area contributed by atoms with Crippen molar-refractivity contribution in [1.82, 2.24) is 9.55 Å². The van der Waals surface area contributed by atoms with E-state index in [1.165, 1.54) is 27.7 Å². The number of aliphatic hydroxyl groups is 2. The number of rotatable bonds is 5. The summed E-state index contributed by atoms with van der Waals surface area (Å²) in [5, 5.41) is 27.9. The van der Waals surface area contributed by atoms with E-state index in [9.17, 15) is 19.8 Å². The summed E-state index contributed by atoms with van der Waals surface area (Å²) < 4.78 is 12.7. The van der Waals surface area contributed by atoms with Crippen LogP contribution in [-0.2, 0) is 16.1 Å². The number of aromatic amines is 1. The lowest BCUT2D eigenvalue weighted by Gasteiger charge is -2.17. The standard InChI is InChI=1S/C26H22N2O6/c29-20-10-11-28(26(32)27-20)25-24(31)23(30)19(34-25)13-33-12-17-7-6-16-5-4-14-2-1-3-15-8-9-18(17)22(16)21(14)15/h1-11,19,23-25,30-31H,12-13H2,(H,27,29,32)/t19-,23-,24-,25-/m1/s1. The van der Waals surface area contributed by atoms with Gasteiger partial charge in [0, 0.05) is 12.3 Å². The molecule has 6 rings (SSSR count). The van der Waals surface area contributed by atoms with Crippen molar-refractivity contribution < 1.29 is 19.7 Å². The molecule has 0 saturated carbocycles. The van der Waals surface area contributed by atoms with Crippen molar-refractivity contribution in [3.8, 4) is 0 Å². The molecule has 8 heteroatoms. The lowest BCUT2D eigenvalue weighted by atomic mass is 9.92. The third-order valence-electron chi connectivity index (χ3n) is 6.62. The molecule has 0 amide bonds. The van der Waals surface area contributed by atoms with Crippen LogP contribution in [0, 0.1) is 0 Å². The monoisotopic (exact) mass is 458 g/mol. The van der Waals surface area contributed by atoms with Crippen LogP contribution in [-0.4, -0.2) is 44.7 Å². The van der Waals surface area contributed by atoms with E-state index < -0.39 is 35.8 Å². The van der Waals surface area contributed by atoms with Gasteiger partial charge in [-0.1, -0.05) is 54.6 Å². The van der Waals surface area contributed by atoms with Crippen LogP contribution in [0.25, 0.3) is 32.3 Å². The lowest BCUT2D eigenvalue weighted by Crippen LogP contribution is -2.37. The van der Waals surface area contributed by atoms with Gasteiger partial charge in [-0.15, -0.1) is 0 Å². The van der Waals surface area contributed by atoms with Gasteiger partial charge < -0.3 is 19.7 Å². The third kappa shape index (κ3) is 3.31. The van der Waals surface area contributed by atoms with E-state index in [0.29, 0.717) is 6.61 Å². The molecule has 8 nitrogen and oxygen atoms in total. The van der Waals surface area contributed by atoms with Gasteiger partial charge in [-0.3, -0.25) is 14.3 Å². The van der Waals surface area contributed by atoms with Gasteiger partial charge >= 0.3 is 5.69 Å². The van der Waals surface area contributed by atoms with Gasteiger partial charge in [-0.2, -0.15) is 0 Å². The first-order chi connectivity index (χ1) is 16.5. The molecule has 172 valence electrons. The lowest BCUT2D eigenvalue weighted by molar-refractivity contribution is -0.0710. The average molecular weight is 458 g/mol. The fraction of sp³-hybridized carbons (Fsp3) is 0.231. The molecule has 1 fully saturated rings. The molecule has 0 aliphatic carbocycles. The second-order valence-corrected chi connectivity index (χ2v) is 8.66. The average Bonchev–Trinajstić information content (AvgIpc) is 3.12. The van der Waals surface area contributed by atoms with Crippen molar-refractivity contribution in [2.75, 3.05) is 6.61 Å². The zero-order chi connectivity index (χ0) is 23.4. The molecular weight excluding hydrogens is 436 g/mol. The maximum absolute atomic E-state index is 12.1. The second-order valence-electron chi connectivity index (χ2n) is 8.66. The van der Waals surface area contributed by atoms with Crippen molar-refractivity contribution in [3.05, 3.63) is 93.3 Å². The summed E-state index contributed by atoms with van der Waals surface area (Å²) in [5.74, 6) is 0. The first-order valence-corrected chi connectivity index (χ1v) is 11.1. The van der Waals surface area contributed by atoms with Gasteiger partial charge in [0.15, 0.2) is 6.23 Å². The molecular formula is C26H22N2O6. The van der Waals surface area contributed by atoms with Crippen molar-refractivity contribution in [2.45, 2.75) is 31.1 Å². The third-order valence-corrected chi connectivity index (χ3v) is 6.62. The molecule has 0 unspecified atom stereocenters. The number of benzene rings is 4. The zero-order valence-corrected chi connectivity index (χ0v) is 18.0. The Balaban J connectivity index is 1.23. The summed E-state index contributed by atoms with van der Waals surface area (Å²) in [5.41, 5.74) is -0.270. The summed E-state index contributed by atoms with van der Waals surface area (Å²) >= 11 is 0. The van der Waals surface area contributed by atoms with Crippen molar-refractivity contribution in [1.29, 1.82) is 0 Å². The van der Waals surface area contributed by atoms with Crippen molar-refractivity contribution in [3.63, 3.8) is 0 Å². The van der Waals surface area contributed by atoms with Gasteiger partial charge in [0.25, 0.3) is 5.56 Å². The first kappa shape index (κ1) is 21.0. The highest BCUT2D eigenvalue weighted by Gasteiger charge is 2.44. The molecule has 34 heavy (non-hydrogen) atoms. The summed E-state index contributed by atoms with van der Waals surface area (Å²) in [6.07, 6.45) is -3.31. The normalized spacial score (nSPS) is 22.9. The molecule has 0 bridgehead atoms. The number of H-pyrrole nitrogens is 1. The minimum atomic E-state index is -1.34. The minimum Gasteiger partial charge on any atom is -0.387 e. The Morgan fingerprint density at radius 2 is 1.59 bits per heavy atom. The molecule has 0 spiro atoms. The van der Waals surface area contributed by atoms with Gasteiger partial charge in [0.2, 0.25) is 0 Å². The largest absolute Gasteiger partial charge is 0.387 e. The molecule has 0 radical (unpaired) electrons. The first-order valence-electron chi connectivity index (χ1n) is 11.1. The fourth-order valence-electron chi connectivity index (χ4n) is 4.93. The van der Waals surface area contributed by atoms with Crippen LogP contribution in [0.15, 0.2) is 76.4 Å². The van der Waals surface area contributed by atoms with E-state index in [1.807, 2.05) is 6.07 Å². The van der Waals surface area contributed by atoms with Gasteiger partial charge in [-0.25, -0.2) is 4.79 Å². The van der Waals surface area contributed by atoms with E-state index >= 15 is 0 Å². The smallest absolute Gasteiger partial charge is 0.330 e. The maximum Gasteiger partial charge on any atom is 0.330 e. The van der Waals surface area contributed by atoms with Crippen LogP contribution >= 0.6 is 0 Å². The van der Waals surface area contributed by atoms with Crippen LogP contribution in [0.1, 0.15) is 11.8 Å². The molecule has 5 aromatic rings. The second kappa shape index (κ2) is 8.03. The minimum absolute atomic E-state index is 0.0226. The molecule has 1 aliphatic heterocycles. The molecule has 1 aromatic heterocycles. The Kier molecular flexibility index (Phi) is 4.96. The number of aromatic nitrogens is 2. The van der Waals surface area contributed by atoms with Crippen LogP contribution in [0.3, 0.4) is 0 Å². The molecule has 1 saturated heterocycles. The van der Waals surface area contributed by atoms with Crippen LogP contribution in [0.2, 0.25) is 0 Å². The highest BCUT2D eigenvalue weighted by Crippen LogP contribution is 2.36. The summed E-state index contributed by atoms with van der Waals surface area (Å²) in [4.78, 5) is 25.5. The van der Waals surface area contributed by atoms with Crippen molar-refractivity contribution in [2.24, 2.45) is 0 Å². The van der Waals surface area contributed by atoms with E-state index in [-0.39, 0.29) is 6.61 Å². The SMILES string of the molecule is O=c1ccn([C@@H]2O[C@H](COCc3ccc4ccc5cccc6ccc3c4c56)[C@@H](O)[C@H]2O)c(=O)[nH]1. The molecule has 2 heterocycles. The Labute approximate surface area is 192 Å². The molecule has 4 atom stereocenters. The van der Waals surface area contributed by atoms with E-state index in [1.54, 1.807) is 0 Å². The van der Waals surface area contributed by atoms with Gasteiger partial charge in [0.1, 0.15) is 18.3 Å². The van der Waals surface area contributed by atoms with Crippen molar-refractivity contribution >= 4 is 32.3 Å². The topological polar surface area (TPSA) is 114 Å². The molecule has 1 aliphatic rings. The quantitative estimate of drug-likeness (QED) is 0.348. The number of nitrogens with zero attached hydrogens (tertiary/aromatic N) is 1. The number of nitrogens with one attached hydrogen (secondary N) is 1. The van der Waals surface area contributed by atoms with Crippen LogP contribution in [0.4, 0.5) is 0 Å². The Bertz CT molecular complexity index is 1610. The number of hydrogen-bond acceptors (Lipinski definition) is 6.